The Hall–Kier alpha value is -2.50. The SMILES string of the molecule is CC(=O)C1=C(C)/C(=C/c2ccc(C)cc2)CN(S(=O)(=O)c2ccc(C)cc2)C1. The molecule has 3 rings (SSSR count). The highest BCUT2D eigenvalue weighted by Gasteiger charge is 2.32. The number of Topliss-reactive ketones (excluding diaryl/α,β-unsaturated/α-hetero) is 1. The molecule has 0 saturated heterocycles. The maximum absolute atomic E-state index is 13.2. The van der Waals surface area contributed by atoms with Gasteiger partial charge in [0.2, 0.25) is 10.0 Å². The third-order valence-electron chi connectivity index (χ3n) is 5.12. The number of carbonyl (C=O) groups is 1. The first kappa shape index (κ1) is 20.2. The van der Waals surface area contributed by atoms with Crippen LogP contribution in [-0.4, -0.2) is 31.6 Å². The monoisotopic (exact) mass is 395 g/mol. The van der Waals surface area contributed by atoms with Crippen molar-refractivity contribution in [2.75, 3.05) is 13.1 Å². The Kier molecular flexibility index (Phi) is 5.68. The van der Waals surface area contributed by atoms with Gasteiger partial charge in [-0.2, -0.15) is 4.31 Å². The van der Waals surface area contributed by atoms with Crippen molar-refractivity contribution in [2.45, 2.75) is 32.6 Å². The number of ketones is 1. The van der Waals surface area contributed by atoms with Crippen molar-refractivity contribution in [2.24, 2.45) is 0 Å². The summed E-state index contributed by atoms with van der Waals surface area (Å²) in [6.07, 6.45) is 1.97. The van der Waals surface area contributed by atoms with E-state index in [1.54, 1.807) is 24.3 Å². The van der Waals surface area contributed by atoms with Gasteiger partial charge in [-0.3, -0.25) is 4.79 Å². The highest BCUT2D eigenvalue weighted by molar-refractivity contribution is 7.89. The van der Waals surface area contributed by atoms with Gasteiger partial charge in [0.1, 0.15) is 0 Å². The fourth-order valence-corrected chi connectivity index (χ4v) is 4.66. The second-order valence-electron chi connectivity index (χ2n) is 7.33. The Morgan fingerprint density at radius 1 is 0.893 bits per heavy atom. The van der Waals surface area contributed by atoms with E-state index in [0.29, 0.717) is 5.57 Å². The molecular formula is C23H25NO3S. The third-order valence-corrected chi connectivity index (χ3v) is 6.92. The van der Waals surface area contributed by atoms with Crippen LogP contribution in [0.5, 0.6) is 0 Å². The Morgan fingerprint density at radius 3 is 1.96 bits per heavy atom. The number of hydrogen-bond donors (Lipinski definition) is 0. The van der Waals surface area contributed by atoms with Crippen molar-refractivity contribution in [1.29, 1.82) is 0 Å². The van der Waals surface area contributed by atoms with Crippen LogP contribution in [0.1, 0.15) is 30.5 Å². The number of sulfonamides is 1. The largest absolute Gasteiger partial charge is 0.295 e. The van der Waals surface area contributed by atoms with Crippen molar-refractivity contribution in [3.8, 4) is 0 Å². The van der Waals surface area contributed by atoms with Crippen LogP contribution in [0.3, 0.4) is 0 Å². The van der Waals surface area contributed by atoms with E-state index in [9.17, 15) is 13.2 Å². The summed E-state index contributed by atoms with van der Waals surface area (Å²) in [5.74, 6) is -0.101. The van der Waals surface area contributed by atoms with Crippen molar-refractivity contribution >= 4 is 21.9 Å². The van der Waals surface area contributed by atoms with Crippen LogP contribution >= 0.6 is 0 Å². The van der Waals surface area contributed by atoms with E-state index >= 15 is 0 Å². The molecule has 28 heavy (non-hydrogen) atoms. The van der Waals surface area contributed by atoms with E-state index in [1.165, 1.54) is 11.2 Å². The van der Waals surface area contributed by atoms with Crippen LogP contribution in [0.15, 0.2) is 70.1 Å². The van der Waals surface area contributed by atoms with E-state index in [1.807, 2.05) is 51.1 Å². The number of carbonyl (C=O) groups excluding carboxylic acids is 1. The summed E-state index contributed by atoms with van der Waals surface area (Å²) in [5, 5.41) is 0. The molecule has 0 bridgehead atoms. The van der Waals surface area contributed by atoms with Crippen molar-refractivity contribution in [3.63, 3.8) is 0 Å². The standard InChI is InChI=1S/C23H25NO3S/c1-16-5-9-20(10-6-16)13-21-14-24(15-23(18(21)3)19(4)25)28(26,27)22-11-7-17(2)8-12-22/h5-13H,14-15H2,1-4H3/b21-13+. The first-order valence-corrected chi connectivity index (χ1v) is 10.7. The smallest absolute Gasteiger partial charge is 0.243 e. The zero-order chi connectivity index (χ0) is 20.5. The van der Waals surface area contributed by atoms with Crippen molar-refractivity contribution in [3.05, 3.63) is 81.9 Å². The molecular weight excluding hydrogens is 370 g/mol. The van der Waals surface area contributed by atoms with Gasteiger partial charge in [0.25, 0.3) is 0 Å². The van der Waals surface area contributed by atoms with Gasteiger partial charge in [0.15, 0.2) is 5.78 Å². The summed E-state index contributed by atoms with van der Waals surface area (Å²) in [6, 6.07) is 14.8. The molecule has 0 amide bonds. The predicted molar refractivity (Wildman–Crippen MR) is 112 cm³/mol. The van der Waals surface area contributed by atoms with Crippen LogP contribution < -0.4 is 0 Å². The Labute approximate surface area is 167 Å². The van der Waals surface area contributed by atoms with Gasteiger partial charge >= 0.3 is 0 Å². The van der Waals surface area contributed by atoms with Crippen LogP contribution in [-0.2, 0) is 14.8 Å². The predicted octanol–water partition coefficient (Wildman–Crippen LogP) is 4.30. The molecule has 0 aliphatic carbocycles. The number of aryl methyl sites for hydroxylation is 2. The number of nitrogens with zero attached hydrogens (tertiary/aromatic N) is 1. The van der Waals surface area contributed by atoms with Crippen LogP contribution in [0.2, 0.25) is 0 Å². The van der Waals surface area contributed by atoms with E-state index in [-0.39, 0.29) is 23.8 Å². The van der Waals surface area contributed by atoms with Gasteiger partial charge in [-0.1, -0.05) is 53.6 Å². The second-order valence-corrected chi connectivity index (χ2v) is 9.26. The summed E-state index contributed by atoms with van der Waals surface area (Å²) >= 11 is 0. The molecule has 2 aromatic rings. The molecule has 0 aromatic heterocycles. The molecule has 2 aromatic carbocycles. The van der Waals surface area contributed by atoms with Crippen LogP contribution in [0.4, 0.5) is 0 Å². The maximum Gasteiger partial charge on any atom is 0.243 e. The average molecular weight is 396 g/mol. The molecule has 0 spiro atoms. The lowest BCUT2D eigenvalue weighted by atomic mass is 9.94. The van der Waals surface area contributed by atoms with Gasteiger partial charge in [0.05, 0.1) is 4.90 Å². The highest BCUT2D eigenvalue weighted by atomic mass is 32.2. The molecule has 0 radical (unpaired) electrons. The molecule has 146 valence electrons. The maximum atomic E-state index is 13.2. The zero-order valence-electron chi connectivity index (χ0n) is 16.7. The van der Waals surface area contributed by atoms with E-state index in [4.69, 9.17) is 0 Å². The summed E-state index contributed by atoms with van der Waals surface area (Å²) < 4.78 is 27.8. The van der Waals surface area contributed by atoms with Gasteiger partial charge < -0.3 is 0 Å². The summed E-state index contributed by atoms with van der Waals surface area (Å²) in [5.41, 5.74) is 5.39. The van der Waals surface area contributed by atoms with Crippen LogP contribution in [0.25, 0.3) is 6.08 Å². The lowest BCUT2D eigenvalue weighted by molar-refractivity contribution is -0.113. The Morgan fingerprint density at radius 2 is 1.43 bits per heavy atom. The second kappa shape index (κ2) is 7.86. The first-order valence-electron chi connectivity index (χ1n) is 9.23. The normalized spacial score (nSPS) is 17.2. The molecule has 0 N–H and O–H groups in total. The lowest BCUT2D eigenvalue weighted by Gasteiger charge is -2.30. The zero-order valence-corrected chi connectivity index (χ0v) is 17.5. The molecule has 0 fully saturated rings. The molecule has 0 atom stereocenters. The molecule has 1 aliphatic rings. The lowest BCUT2D eigenvalue weighted by Crippen LogP contribution is -2.39. The molecule has 1 heterocycles. The molecule has 1 aliphatic heterocycles. The minimum Gasteiger partial charge on any atom is -0.295 e. The average Bonchev–Trinajstić information content (AvgIpc) is 2.65. The van der Waals surface area contributed by atoms with Crippen molar-refractivity contribution in [1.82, 2.24) is 4.31 Å². The third kappa shape index (κ3) is 4.16. The molecule has 4 nitrogen and oxygen atoms in total. The topological polar surface area (TPSA) is 54.5 Å². The number of hydrogen-bond acceptors (Lipinski definition) is 3. The fourth-order valence-electron chi connectivity index (χ4n) is 3.28. The van der Waals surface area contributed by atoms with Gasteiger partial charge in [-0.25, -0.2) is 8.42 Å². The fraction of sp³-hybridized carbons (Fsp3) is 0.261. The quantitative estimate of drug-likeness (QED) is 0.776. The van der Waals surface area contributed by atoms with Gasteiger partial charge in [-0.15, -0.1) is 0 Å². The summed E-state index contributed by atoms with van der Waals surface area (Å²) in [6.45, 7) is 7.66. The Bertz CT molecular complexity index is 1060. The number of benzene rings is 2. The Balaban J connectivity index is 2.04. The summed E-state index contributed by atoms with van der Waals surface area (Å²) in [7, 11) is -3.69. The minimum atomic E-state index is -3.69. The van der Waals surface area contributed by atoms with Gasteiger partial charge in [-0.05, 0) is 56.5 Å². The van der Waals surface area contributed by atoms with E-state index in [0.717, 1.165) is 27.8 Å². The van der Waals surface area contributed by atoms with Crippen LogP contribution in [0, 0.1) is 13.8 Å². The van der Waals surface area contributed by atoms with Gasteiger partial charge in [0, 0.05) is 18.7 Å². The van der Waals surface area contributed by atoms with E-state index in [2.05, 4.69) is 0 Å². The van der Waals surface area contributed by atoms with Crippen molar-refractivity contribution < 1.29 is 13.2 Å². The molecule has 0 unspecified atom stereocenters. The number of rotatable bonds is 4. The van der Waals surface area contributed by atoms with E-state index < -0.39 is 10.0 Å². The minimum absolute atomic E-state index is 0.0998. The molecule has 0 saturated carbocycles. The molecule has 5 heteroatoms. The summed E-state index contributed by atoms with van der Waals surface area (Å²) in [4.78, 5) is 12.4. The first-order chi connectivity index (χ1) is 13.2. The highest BCUT2D eigenvalue weighted by Crippen LogP contribution is 2.29.